The fraction of sp³-hybridized carbons (Fsp3) is 0.400. The van der Waals surface area contributed by atoms with Gasteiger partial charge in [0, 0.05) is 37.5 Å². The van der Waals surface area contributed by atoms with Crippen molar-refractivity contribution in [2.75, 3.05) is 14.2 Å². The van der Waals surface area contributed by atoms with Crippen molar-refractivity contribution in [2.45, 2.75) is 26.6 Å². The van der Waals surface area contributed by atoms with Crippen LogP contribution >= 0.6 is 0 Å². The molecule has 0 radical (unpaired) electrons. The highest BCUT2D eigenvalue weighted by Crippen LogP contribution is 2.24. The standard InChI is InChI=1S/C15H21N3O2/c1-4-18-11-17-10-13(18)9-16-8-12-5-6-14(19-2)7-15(12)20-3/h5-7,10-11,16H,4,8-9H2,1-3H3. The van der Waals surface area contributed by atoms with Gasteiger partial charge in [-0.3, -0.25) is 0 Å². The molecule has 1 aromatic carbocycles. The van der Waals surface area contributed by atoms with Gasteiger partial charge in [-0.2, -0.15) is 0 Å². The Kier molecular flexibility index (Phi) is 5.01. The Bertz CT molecular complexity index is 552. The third-order valence-electron chi connectivity index (χ3n) is 3.26. The molecule has 1 aromatic heterocycles. The van der Waals surface area contributed by atoms with Crippen molar-refractivity contribution in [2.24, 2.45) is 0 Å². The molecule has 0 saturated heterocycles. The van der Waals surface area contributed by atoms with Gasteiger partial charge in [0.25, 0.3) is 0 Å². The second-order valence-corrected chi connectivity index (χ2v) is 4.45. The second kappa shape index (κ2) is 6.96. The number of hydrogen-bond acceptors (Lipinski definition) is 4. The van der Waals surface area contributed by atoms with E-state index in [-0.39, 0.29) is 0 Å². The zero-order chi connectivity index (χ0) is 14.4. The minimum absolute atomic E-state index is 0.738. The van der Waals surface area contributed by atoms with E-state index in [1.165, 1.54) is 5.69 Å². The summed E-state index contributed by atoms with van der Waals surface area (Å²) in [5, 5.41) is 3.41. The van der Waals surface area contributed by atoms with Crippen LogP contribution in [0.3, 0.4) is 0 Å². The van der Waals surface area contributed by atoms with E-state index >= 15 is 0 Å². The molecule has 0 saturated carbocycles. The predicted molar refractivity (Wildman–Crippen MR) is 78.0 cm³/mol. The van der Waals surface area contributed by atoms with Crippen LogP contribution in [0, 0.1) is 0 Å². The van der Waals surface area contributed by atoms with Gasteiger partial charge in [-0.25, -0.2) is 4.98 Å². The molecule has 0 fully saturated rings. The Morgan fingerprint density at radius 1 is 1.20 bits per heavy atom. The summed E-state index contributed by atoms with van der Waals surface area (Å²) in [5.41, 5.74) is 2.29. The number of aryl methyl sites for hydroxylation is 1. The highest BCUT2D eigenvalue weighted by Gasteiger charge is 2.05. The molecule has 0 atom stereocenters. The molecule has 108 valence electrons. The van der Waals surface area contributed by atoms with Crippen molar-refractivity contribution in [3.63, 3.8) is 0 Å². The first-order chi connectivity index (χ1) is 9.78. The second-order valence-electron chi connectivity index (χ2n) is 4.45. The lowest BCUT2D eigenvalue weighted by Gasteiger charge is -2.11. The Morgan fingerprint density at radius 2 is 2.05 bits per heavy atom. The molecule has 5 nitrogen and oxygen atoms in total. The van der Waals surface area contributed by atoms with Crippen LogP contribution < -0.4 is 14.8 Å². The van der Waals surface area contributed by atoms with E-state index in [2.05, 4.69) is 21.8 Å². The summed E-state index contributed by atoms with van der Waals surface area (Å²) in [6, 6.07) is 5.85. The lowest BCUT2D eigenvalue weighted by atomic mass is 10.2. The SMILES string of the molecule is CCn1cncc1CNCc1ccc(OC)cc1OC. The van der Waals surface area contributed by atoms with Crippen molar-refractivity contribution in [1.82, 2.24) is 14.9 Å². The minimum Gasteiger partial charge on any atom is -0.497 e. The molecule has 2 rings (SSSR count). The largest absolute Gasteiger partial charge is 0.497 e. The Balaban J connectivity index is 1.97. The highest BCUT2D eigenvalue weighted by atomic mass is 16.5. The molecule has 5 heteroatoms. The van der Waals surface area contributed by atoms with Gasteiger partial charge >= 0.3 is 0 Å². The maximum Gasteiger partial charge on any atom is 0.127 e. The van der Waals surface area contributed by atoms with Crippen molar-refractivity contribution in [1.29, 1.82) is 0 Å². The van der Waals surface area contributed by atoms with Crippen molar-refractivity contribution >= 4 is 0 Å². The first kappa shape index (κ1) is 14.4. The lowest BCUT2D eigenvalue weighted by Crippen LogP contribution is -2.16. The van der Waals surface area contributed by atoms with E-state index in [9.17, 15) is 0 Å². The molecule has 0 aliphatic heterocycles. The number of hydrogen-bond donors (Lipinski definition) is 1. The summed E-state index contributed by atoms with van der Waals surface area (Å²) < 4.78 is 12.7. The molecular weight excluding hydrogens is 254 g/mol. The fourth-order valence-corrected chi connectivity index (χ4v) is 2.10. The van der Waals surface area contributed by atoms with Crippen molar-refractivity contribution in [3.8, 4) is 11.5 Å². The fourth-order valence-electron chi connectivity index (χ4n) is 2.10. The van der Waals surface area contributed by atoms with Gasteiger partial charge in [0.1, 0.15) is 11.5 Å². The van der Waals surface area contributed by atoms with E-state index < -0.39 is 0 Å². The predicted octanol–water partition coefficient (Wildman–Crippen LogP) is 2.21. The summed E-state index contributed by atoms with van der Waals surface area (Å²) in [4.78, 5) is 4.16. The number of benzene rings is 1. The molecular formula is C15H21N3O2. The number of methoxy groups -OCH3 is 2. The van der Waals surface area contributed by atoms with Crippen molar-refractivity contribution in [3.05, 3.63) is 42.0 Å². The van der Waals surface area contributed by atoms with Gasteiger partial charge < -0.3 is 19.4 Å². The monoisotopic (exact) mass is 275 g/mol. The maximum absolute atomic E-state index is 5.38. The van der Waals surface area contributed by atoms with Gasteiger partial charge in [-0.1, -0.05) is 6.07 Å². The van der Waals surface area contributed by atoms with Crippen LogP contribution in [0.15, 0.2) is 30.7 Å². The molecule has 0 amide bonds. The van der Waals surface area contributed by atoms with Crippen LogP contribution in [-0.2, 0) is 19.6 Å². The topological polar surface area (TPSA) is 48.3 Å². The third kappa shape index (κ3) is 3.30. The number of ether oxygens (including phenoxy) is 2. The molecule has 20 heavy (non-hydrogen) atoms. The van der Waals surface area contributed by atoms with Gasteiger partial charge in [0.05, 0.1) is 26.2 Å². The zero-order valence-corrected chi connectivity index (χ0v) is 12.2. The first-order valence-corrected chi connectivity index (χ1v) is 6.69. The zero-order valence-electron chi connectivity index (χ0n) is 12.2. The minimum atomic E-state index is 0.738. The Hall–Kier alpha value is -2.01. The molecule has 0 unspecified atom stereocenters. The maximum atomic E-state index is 5.38. The van der Waals surface area contributed by atoms with Crippen LogP contribution in [0.2, 0.25) is 0 Å². The van der Waals surface area contributed by atoms with Crippen LogP contribution in [0.5, 0.6) is 11.5 Å². The van der Waals surface area contributed by atoms with Crippen LogP contribution in [0.4, 0.5) is 0 Å². The van der Waals surface area contributed by atoms with Gasteiger partial charge in [0.15, 0.2) is 0 Å². The average molecular weight is 275 g/mol. The van der Waals surface area contributed by atoms with Crippen LogP contribution in [0.25, 0.3) is 0 Å². The molecule has 0 aliphatic carbocycles. The number of nitrogens with one attached hydrogen (secondary N) is 1. The smallest absolute Gasteiger partial charge is 0.127 e. The number of nitrogens with zero attached hydrogens (tertiary/aromatic N) is 2. The van der Waals surface area contributed by atoms with Gasteiger partial charge in [0.2, 0.25) is 0 Å². The molecule has 0 spiro atoms. The van der Waals surface area contributed by atoms with Gasteiger partial charge in [-0.15, -0.1) is 0 Å². The van der Waals surface area contributed by atoms with E-state index in [1.807, 2.05) is 30.7 Å². The normalized spacial score (nSPS) is 10.6. The van der Waals surface area contributed by atoms with Crippen LogP contribution in [0.1, 0.15) is 18.2 Å². The molecule has 1 N–H and O–H groups in total. The summed E-state index contributed by atoms with van der Waals surface area (Å²) in [7, 11) is 3.32. The molecule has 2 aromatic rings. The Labute approximate surface area is 119 Å². The van der Waals surface area contributed by atoms with E-state index in [0.29, 0.717) is 0 Å². The number of aromatic nitrogens is 2. The molecule has 0 aliphatic rings. The average Bonchev–Trinajstić information content (AvgIpc) is 2.95. The lowest BCUT2D eigenvalue weighted by molar-refractivity contribution is 0.389. The van der Waals surface area contributed by atoms with E-state index in [1.54, 1.807) is 14.2 Å². The molecule has 1 heterocycles. The van der Waals surface area contributed by atoms with E-state index in [4.69, 9.17) is 9.47 Å². The van der Waals surface area contributed by atoms with Crippen molar-refractivity contribution < 1.29 is 9.47 Å². The van der Waals surface area contributed by atoms with Crippen LogP contribution in [-0.4, -0.2) is 23.8 Å². The summed E-state index contributed by atoms with van der Waals surface area (Å²) in [6.07, 6.45) is 3.74. The van der Waals surface area contributed by atoms with E-state index in [0.717, 1.165) is 36.7 Å². The highest BCUT2D eigenvalue weighted by molar-refractivity contribution is 5.40. The number of imidazole rings is 1. The first-order valence-electron chi connectivity index (χ1n) is 6.69. The summed E-state index contributed by atoms with van der Waals surface area (Å²) in [6.45, 7) is 4.56. The van der Waals surface area contributed by atoms with Gasteiger partial charge in [-0.05, 0) is 13.0 Å². The quantitative estimate of drug-likeness (QED) is 0.841. The summed E-state index contributed by atoms with van der Waals surface area (Å²) in [5.74, 6) is 1.63. The number of rotatable bonds is 7. The third-order valence-corrected chi connectivity index (χ3v) is 3.26. The Morgan fingerprint density at radius 3 is 2.75 bits per heavy atom. The molecule has 0 bridgehead atoms. The summed E-state index contributed by atoms with van der Waals surface area (Å²) >= 11 is 0.